The topological polar surface area (TPSA) is 90.8 Å². The summed E-state index contributed by atoms with van der Waals surface area (Å²) >= 11 is 0. The van der Waals surface area contributed by atoms with Gasteiger partial charge in [0.2, 0.25) is 0 Å². The second kappa shape index (κ2) is 5.79. The van der Waals surface area contributed by atoms with E-state index in [0.29, 0.717) is 17.9 Å². The summed E-state index contributed by atoms with van der Waals surface area (Å²) in [5, 5.41) is 9.05. The van der Waals surface area contributed by atoms with Crippen LogP contribution in [0.5, 0.6) is 0 Å². The molecular weight excluding hydrogens is 330 g/mol. The maximum absolute atomic E-state index is 12.9. The Morgan fingerprint density at radius 1 is 1.25 bits per heavy atom. The van der Waals surface area contributed by atoms with Gasteiger partial charge in [0.25, 0.3) is 10.0 Å². The van der Waals surface area contributed by atoms with Crippen LogP contribution in [0.1, 0.15) is 15.9 Å². The molecule has 1 aliphatic heterocycles. The van der Waals surface area contributed by atoms with Crippen molar-refractivity contribution in [3.63, 3.8) is 0 Å². The fourth-order valence-corrected chi connectivity index (χ4v) is 4.12. The summed E-state index contributed by atoms with van der Waals surface area (Å²) in [4.78, 5) is 17.1. The van der Waals surface area contributed by atoms with Crippen LogP contribution in [0.2, 0.25) is 0 Å². The summed E-state index contributed by atoms with van der Waals surface area (Å²) in [5.41, 5.74) is 1.40. The number of nitrogens with zero attached hydrogens (tertiary/aromatic N) is 3. The highest BCUT2D eigenvalue weighted by Crippen LogP contribution is 2.33. The molecule has 0 saturated carbocycles. The number of carboxylic acids is 1. The smallest absolute Gasteiger partial charge is 0.335 e. The number of carbonyl (C=O) groups is 1. The Kier molecular flexibility index (Phi) is 3.92. The van der Waals surface area contributed by atoms with Gasteiger partial charge in [-0.15, -0.1) is 0 Å². The highest BCUT2D eigenvalue weighted by molar-refractivity contribution is 7.92. The summed E-state index contributed by atoms with van der Waals surface area (Å²) in [7, 11) is -0.0695. The highest BCUT2D eigenvalue weighted by atomic mass is 32.2. The maximum Gasteiger partial charge on any atom is 0.335 e. The summed E-state index contributed by atoms with van der Waals surface area (Å²) in [6.45, 7) is 0.288. The predicted molar refractivity (Wildman–Crippen MR) is 90.2 cm³/mol. The van der Waals surface area contributed by atoms with E-state index in [1.54, 1.807) is 17.0 Å². The van der Waals surface area contributed by atoms with Gasteiger partial charge in [0.15, 0.2) is 0 Å². The first-order valence-corrected chi connectivity index (χ1v) is 8.77. The molecule has 0 spiro atoms. The number of rotatable bonds is 4. The molecule has 0 amide bonds. The zero-order chi connectivity index (χ0) is 17.5. The molecule has 1 aromatic carbocycles. The number of aromatic carboxylic acids is 1. The number of sulfonamides is 1. The van der Waals surface area contributed by atoms with Crippen LogP contribution in [-0.2, 0) is 16.4 Å². The van der Waals surface area contributed by atoms with Crippen LogP contribution in [0.15, 0.2) is 41.4 Å². The van der Waals surface area contributed by atoms with Gasteiger partial charge in [0.05, 0.1) is 11.3 Å². The molecule has 1 N–H and O–H groups in total. The first-order valence-electron chi connectivity index (χ1n) is 7.33. The minimum absolute atomic E-state index is 0.114. The molecule has 0 bridgehead atoms. The van der Waals surface area contributed by atoms with Gasteiger partial charge in [-0.25, -0.2) is 18.2 Å². The fraction of sp³-hybridized carbons (Fsp3) is 0.250. The Balaban J connectivity index is 1.97. The number of benzene rings is 1. The average Bonchev–Trinajstić information content (AvgIpc) is 2.98. The number of hydrogen-bond acceptors (Lipinski definition) is 5. The molecule has 2 heterocycles. The lowest BCUT2D eigenvalue weighted by atomic mass is 10.1. The molecule has 24 heavy (non-hydrogen) atoms. The third-order valence-electron chi connectivity index (χ3n) is 3.95. The van der Waals surface area contributed by atoms with E-state index in [0.717, 1.165) is 5.56 Å². The average molecular weight is 347 g/mol. The van der Waals surface area contributed by atoms with E-state index in [-0.39, 0.29) is 17.0 Å². The molecule has 0 atom stereocenters. The van der Waals surface area contributed by atoms with Gasteiger partial charge in [-0.3, -0.25) is 4.31 Å². The molecule has 0 unspecified atom stereocenters. The van der Waals surface area contributed by atoms with Crippen molar-refractivity contribution in [2.75, 3.05) is 29.8 Å². The molecule has 0 radical (unpaired) electrons. The summed E-state index contributed by atoms with van der Waals surface area (Å²) in [6, 6.07) is 7.67. The molecule has 8 heteroatoms. The number of anilines is 2. The predicted octanol–water partition coefficient (Wildman–Crippen LogP) is 1.60. The molecule has 3 rings (SSSR count). The zero-order valence-electron chi connectivity index (χ0n) is 13.3. The number of aromatic nitrogens is 1. The number of fused-ring (bicyclic) bond motifs is 1. The molecule has 126 valence electrons. The van der Waals surface area contributed by atoms with Gasteiger partial charge in [0.1, 0.15) is 10.7 Å². The molecule has 0 saturated heterocycles. The normalized spacial score (nSPS) is 13.7. The number of hydrogen-bond donors (Lipinski definition) is 1. The van der Waals surface area contributed by atoms with Crippen LogP contribution >= 0.6 is 0 Å². The number of carboxylic acid groups (broad SMARTS) is 1. The summed E-state index contributed by atoms with van der Waals surface area (Å²) < 4.78 is 27.0. The van der Waals surface area contributed by atoms with E-state index in [4.69, 9.17) is 5.11 Å². The molecule has 0 fully saturated rings. The van der Waals surface area contributed by atoms with Gasteiger partial charge in [-0.2, -0.15) is 0 Å². The van der Waals surface area contributed by atoms with Crippen molar-refractivity contribution < 1.29 is 18.3 Å². The maximum atomic E-state index is 12.9. The molecule has 2 aromatic rings. The van der Waals surface area contributed by atoms with Crippen LogP contribution < -0.4 is 9.21 Å². The lowest BCUT2D eigenvalue weighted by molar-refractivity contribution is 0.0697. The van der Waals surface area contributed by atoms with E-state index in [1.165, 1.54) is 28.7 Å². The van der Waals surface area contributed by atoms with Gasteiger partial charge in [-0.1, -0.05) is 0 Å². The van der Waals surface area contributed by atoms with Crippen LogP contribution in [0, 0.1) is 0 Å². The first-order chi connectivity index (χ1) is 11.3. The standard InChI is InChI=1S/C16H17N3O4S/c1-18(2)15-6-4-13(10-17-15)24(22,23)19-8-7-11-9-12(16(20)21)3-5-14(11)19/h3-6,9-10H,7-8H2,1-2H3,(H,20,21). The summed E-state index contributed by atoms with van der Waals surface area (Å²) in [6.07, 6.45) is 1.83. The van der Waals surface area contributed by atoms with Crippen molar-refractivity contribution >= 4 is 27.5 Å². The van der Waals surface area contributed by atoms with Crippen molar-refractivity contribution in [2.45, 2.75) is 11.3 Å². The SMILES string of the molecule is CN(C)c1ccc(S(=O)(=O)N2CCc3cc(C(=O)O)ccc32)cn1. The van der Waals surface area contributed by atoms with E-state index in [1.807, 2.05) is 14.1 Å². The van der Waals surface area contributed by atoms with E-state index in [2.05, 4.69) is 4.98 Å². The molecule has 1 aromatic heterocycles. The second-order valence-corrected chi connectivity index (χ2v) is 7.58. The van der Waals surface area contributed by atoms with Gasteiger partial charge < -0.3 is 10.0 Å². The van der Waals surface area contributed by atoms with Crippen molar-refractivity contribution in [1.29, 1.82) is 0 Å². The van der Waals surface area contributed by atoms with Crippen LogP contribution in [-0.4, -0.2) is 45.1 Å². The van der Waals surface area contributed by atoms with E-state index in [9.17, 15) is 13.2 Å². The van der Waals surface area contributed by atoms with Crippen molar-refractivity contribution in [1.82, 2.24) is 4.98 Å². The van der Waals surface area contributed by atoms with Crippen LogP contribution in [0.4, 0.5) is 11.5 Å². The Bertz CT molecular complexity index is 892. The van der Waals surface area contributed by atoms with Crippen molar-refractivity contribution in [2.24, 2.45) is 0 Å². The molecular formula is C16H17N3O4S. The largest absolute Gasteiger partial charge is 0.478 e. The lowest BCUT2D eigenvalue weighted by Gasteiger charge is -2.20. The van der Waals surface area contributed by atoms with E-state index >= 15 is 0 Å². The number of pyridine rings is 1. The van der Waals surface area contributed by atoms with Crippen LogP contribution in [0.25, 0.3) is 0 Å². The highest BCUT2D eigenvalue weighted by Gasteiger charge is 2.31. The fourth-order valence-electron chi connectivity index (χ4n) is 2.67. The Hall–Kier alpha value is -2.61. The first kappa shape index (κ1) is 16.3. The van der Waals surface area contributed by atoms with Gasteiger partial charge in [0, 0.05) is 26.8 Å². The third kappa shape index (κ3) is 2.69. The van der Waals surface area contributed by atoms with Crippen LogP contribution in [0.3, 0.4) is 0 Å². The molecule has 7 nitrogen and oxygen atoms in total. The lowest BCUT2D eigenvalue weighted by Crippen LogP contribution is -2.29. The summed E-state index contributed by atoms with van der Waals surface area (Å²) in [5.74, 6) is -0.357. The van der Waals surface area contributed by atoms with Crippen molar-refractivity contribution in [3.8, 4) is 0 Å². The monoisotopic (exact) mass is 347 g/mol. The Morgan fingerprint density at radius 2 is 2.00 bits per heavy atom. The molecule has 0 aliphatic carbocycles. The Labute approximate surface area is 140 Å². The second-order valence-electron chi connectivity index (χ2n) is 5.72. The molecule has 1 aliphatic rings. The quantitative estimate of drug-likeness (QED) is 0.903. The van der Waals surface area contributed by atoms with Gasteiger partial charge >= 0.3 is 5.97 Å². The minimum atomic E-state index is -3.72. The zero-order valence-corrected chi connectivity index (χ0v) is 14.1. The Morgan fingerprint density at radius 3 is 2.58 bits per heavy atom. The van der Waals surface area contributed by atoms with Gasteiger partial charge in [-0.05, 0) is 42.3 Å². The third-order valence-corrected chi connectivity index (χ3v) is 5.74. The minimum Gasteiger partial charge on any atom is -0.478 e. The van der Waals surface area contributed by atoms with Crippen molar-refractivity contribution in [3.05, 3.63) is 47.7 Å². The van der Waals surface area contributed by atoms with E-state index < -0.39 is 16.0 Å².